The fraction of sp³-hybridized carbons (Fsp3) is 0. The Morgan fingerprint density at radius 2 is 1.00 bits per heavy atom. The lowest BCUT2D eigenvalue weighted by molar-refractivity contribution is 1.07. The van der Waals surface area contributed by atoms with Crippen molar-refractivity contribution in [3.05, 3.63) is 127 Å². The first-order valence-corrected chi connectivity index (χ1v) is 12.5. The Balaban J connectivity index is 1.35. The standard InChI is InChI=1S/C33H20ClN3/c34-33-36-31(23-18-16-22(17-19-23)26-15-7-10-21-8-1-3-11-25(21)26)35-32(37-33)30-20-24-9-2-4-12-27(24)28-13-5-6-14-29(28)30/h1-20H. The molecule has 0 N–H and O–H groups in total. The van der Waals surface area contributed by atoms with E-state index < -0.39 is 0 Å². The summed E-state index contributed by atoms with van der Waals surface area (Å²) in [5.41, 5.74) is 4.16. The predicted octanol–water partition coefficient (Wildman–Crippen LogP) is 8.99. The molecule has 6 aromatic carbocycles. The van der Waals surface area contributed by atoms with E-state index in [0.717, 1.165) is 32.8 Å². The average molecular weight is 494 g/mol. The maximum absolute atomic E-state index is 6.45. The lowest BCUT2D eigenvalue weighted by atomic mass is 9.96. The van der Waals surface area contributed by atoms with Gasteiger partial charge in [0.25, 0.3) is 0 Å². The molecule has 7 rings (SSSR count). The summed E-state index contributed by atoms with van der Waals surface area (Å²) in [6, 6.07) is 42.0. The van der Waals surface area contributed by atoms with Gasteiger partial charge in [-0.1, -0.05) is 115 Å². The van der Waals surface area contributed by atoms with Crippen LogP contribution >= 0.6 is 11.6 Å². The Morgan fingerprint density at radius 1 is 0.405 bits per heavy atom. The maximum Gasteiger partial charge on any atom is 0.226 e. The molecule has 0 spiro atoms. The van der Waals surface area contributed by atoms with Crippen LogP contribution in [0, 0.1) is 0 Å². The van der Waals surface area contributed by atoms with Gasteiger partial charge in [0, 0.05) is 11.1 Å². The molecule has 0 aliphatic rings. The van der Waals surface area contributed by atoms with E-state index in [1.54, 1.807) is 0 Å². The van der Waals surface area contributed by atoms with Gasteiger partial charge in [0.2, 0.25) is 5.28 Å². The second kappa shape index (κ2) is 8.81. The van der Waals surface area contributed by atoms with Gasteiger partial charge in [0.15, 0.2) is 11.6 Å². The van der Waals surface area contributed by atoms with Crippen molar-refractivity contribution in [2.45, 2.75) is 0 Å². The van der Waals surface area contributed by atoms with Crippen molar-refractivity contribution in [2.24, 2.45) is 0 Å². The lowest BCUT2D eigenvalue weighted by Gasteiger charge is -2.11. The molecule has 0 unspecified atom stereocenters. The molecule has 4 heteroatoms. The highest BCUT2D eigenvalue weighted by Crippen LogP contribution is 2.35. The third-order valence-electron chi connectivity index (χ3n) is 6.86. The van der Waals surface area contributed by atoms with E-state index in [1.807, 2.05) is 24.3 Å². The van der Waals surface area contributed by atoms with Crippen molar-refractivity contribution in [3.63, 3.8) is 0 Å². The Hall–Kier alpha value is -4.60. The van der Waals surface area contributed by atoms with Crippen LogP contribution in [0.2, 0.25) is 5.28 Å². The Morgan fingerprint density at radius 3 is 1.81 bits per heavy atom. The normalized spacial score (nSPS) is 11.4. The third-order valence-corrected chi connectivity index (χ3v) is 7.03. The van der Waals surface area contributed by atoms with Gasteiger partial charge >= 0.3 is 0 Å². The number of hydrogen-bond acceptors (Lipinski definition) is 3. The van der Waals surface area contributed by atoms with Gasteiger partial charge in [-0.05, 0) is 61.1 Å². The van der Waals surface area contributed by atoms with Crippen LogP contribution in [0.5, 0.6) is 0 Å². The molecule has 174 valence electrons. The highest BCUT2D eigenvalue weighted by atomic mass is 35.5. The van der Waals surface area contributed by atoms with Crippen molar-refractivity contribution >= 4 is 43.9 Å². The first-order valence-electron chi connectivity index (χ1n) is 12.2. The number of nitrogens with zero attached hydrogens (tertiary/aromatic N) is 3. The third kappa shape index (κ3) is 3.81. The Bertz CT molecular complexity index is 1940. The number of fused-ring (bicyclic) bond motifs is 4. The quantitative estimate of drug-likeness (QED) is 0.230. The van der Waals surface area contributed by atoms with Gasteiger partial charge in [-0.2, -0.15) is 9.97 Å². The molecule has 0 bridgehead atoms. The van der Waals surface area contributed by atoms with Crippen LogP contribution in [0.25, 0.3) is 66.2 Å². The number of aromatic nitrogens is 3. The second-order valence-corrected chi connectivity index (χ2v) is 9.38. The number of hydrogen-bond donors (Lipinski definition) is 0. The molecule has 0 atom stereocenters. The van der Waals surface area contributed by atoms with E-state index >= 15 is 0 Å². The van der Waals surface area contributed by atoms with Crippen molar-refractivity contribution in [3.8, 4) is 33.9 Å². The van der Waals surface area contributed by atoms with Crippen LogP contribution in [0.4, 0.5) is 0 Å². The summed E-state index contributed by atoms with van der Waals surface area (Å²) in [6.07, 6.45) is 0. The second-order valence-electron chi connectivity index (χ2n) is 9.05. The summed E-state index contributed by atoms with van der Waals surface area (Å²) >= 11 is 6.45. The smallest absolute Gasteiger partial charge is 0.208 e. The largest absolute Gasteiger partial charge is 0.226 e. The van der Waals surface area contributed by atoms with Crippen LogP contribution in [0.3, 0.4) is 0 Å². The van der Waals surface area contributed by atoms with Crippen LogP contribution in [0.1, 0.15) is 0 Å². The fourth-order valence-corrected chi connectivity index (χ4v) is 5.27. The zero-order valence-electron chi connectivity index (χ0n) is 19.8. The first kappa shape index (κ1) is 21.7. The van der Waals surface area contributed by atoms with E-state index in [0.29, 0.717) is 11.6 Å². The molecule has 7 aromatic rings. The predicted molar refractivity (Wildman–Crippen MR) is 154 cm³/mol. The summed E-state index contributed by atoms with van der Waals surface area (Å²) in [7, 11) is 0. The number of halogens is 1. The molecule has 3 nitrogen and oxygen atoms in total. The monoisotopic (exact) mass is 493 g/mol. The zero-order chi connectivity index (χ0) is 24.8. The van der Waals surface area contributed by atoms with E-state index in [1.165, 1.54) is 21.7 Å². The van der Waals surface area contributed by atoms with Crippen LogP contribution in [-0.4, -0.2) is 15.0 Å². The molecular weight excluding hydrogens is 474 g/mol. The molecule has 0 saturated carbocycles. The van der Waals surface area contributed by atoms with Gasteiger partial charge in [0.05, 0.1) is 0 Å². The first-order chi connectivity index (χ1) is 18.2. The fourth-order valence-electron chi connectivity index (χ4n) is 5.11. The van der Waals surface area contributed by atoms with Gasteiger partial charge in [0.1, 0.15) is 0 Å². The van der Waals surface area contributed by atoms with Gasteiger partial charge in [-0.3, -0.25) is 0 Å². The molecule has 0 amide bonds. The van der Waals surface area contributed by atoms with Gasteiger partial charge in [-0.15, -0.1) is 0 Å². The van der Waals surface area contributed by atoms with E-state index in [9.17, 15) is 0 Å². The van der Waals surface area contributed by atoms with Gasteiger partial charge < -0.3 is 0 Å². The van der Waals surface area contributed by atoms with E-state index in [4.69, 9.17) is 16.6 Å². The average Bonchev–Trinajstić information content (AvgIpc) is 2.96. The van der Waals surface area contributed by atoms with Crippen LogP contribution in [0.15, 0.2) is 121 Å². The van der Waals surface area contributed by atoms with Crippen LogP contribution < -0.4 is 0 Å². The molecule has 37 heavy (non-hydrogen) atoms. The summed E-state index contributed by atoms with van der Waals surface area (Å²) < 4.78 is 0. The summed E-state index contributed by atoms with van der Waals surface area (Å²) in [4.78, 5) is 13.9. The number of benzene rings is 6. The highest BCUT2D eigenvalue weighted by molar-refractivity contribution is 6.28. The molecule has 0 saturated heterocycles. The lowest BCUT2D eigenvalue weighted by Crippen LogP contribution is -1.98. The summed E-state index contributed by atoms with van der Waals surface area (Å²) in [5, 5.41) is 7.20. The molecular formula is C33H20ClN3. The van der Waals surface area contributed by atoms with Gasteiger partial charge in [-0.25, -0.2) is 4.98 Å². The minimum absolute atomic E-state index is 0.176. The minimum Gasteiger partial charge on any atom is -0.208 e. The van der Waals surface area contributed by atoms with E-state index in [2.05, 4.69) is 107 Å². The maximum atomic E-state index is 6.45. The molecule has 0 aliphatic heterocycles. The minimum atomic E-state index is 0.176. The van der Waals surface area contributed by atoms with Crippen molar-refractivity contribution in [2.75, 3.05) is 0 Å². The summed E-state index contributed by atoms with van der Waals surface area (Å²) in [5.74, 6) is 1.12. The topological polar surface area (TPSA) is 38.7 Å². The Kier molecular flexibility index (Phi) is 5.16. The molecule has 0 aliphatic carbocycles. The molecule has 1 aromatic heterocycles. The molecule has 0 radical (unpaired) electrons. The van der Waals surface area contributed by atoms with Crippen molar-refractivity contribution in [1.29, 1.82) is 0 Å². The SMILES string of the molecule is Clc1nc(-c2ccc(-c3cccc4ccccc34)cc2)nc(-c2cc3ccccc3c3ccccc23)n1. The number of rotatable bonds is 3. The molecule has 0 fully saturated rings. The summed E-state index contributed by atoms with van der Waals surface area (Å²) in [6.45, 7) is 0. The Labute approximate surface area is 219 Å². The van der Waals surface area contributed by atoms with Crippen molar-refractivity contribution < 1.29 is 0 Å². The van der Waals surface area contributed by atoms with E-state index in [-0.39, 0.29) is 5.28 Å². The zero-order valence-corrected chi connectivity index (χ0v) is 20.5. The van der Waals surface area contributed by atoms with Crippen molar-refractivity contribution in [1.82, 2.24) is 15.0 Å². The van der Waals surface area contributed by atoms with Crippen LogP contribution in [-0.2, 0) is 0 Å². The highest BCUT2D eigenvalue weighted by Gasteiger charge is 2.14. The molecule has 1 heterocycles.